The first kappa shape index (κ1) is 17.0. The lowest BCUT2D eigenvalue weighted by Gasteiger charge is -2.36. The van der Waals surface area contributed by atoms with Crippen LogP contribution < -0.4 is 16.0 Å². The second-order valence-corrected chi connectivity index (χ2v) is 5.99. The van der Waals surface area contributed by atoms with Gasteiger partial charge in [-0.1, -0.05) is 25.8 Å². The zero-order valence-corrected chi connectivity index (χ0v) is 13.2. The van der Waals surface area contributed by atoms with E-state index in [4.69, 9.17) is 0 Å². The van der Waals surface area contributed by atoms with Gasteiger partial charge in [-0.15, -0.1) is 6.58 Å². The third kappa shape index (κ3) is 3.35. The molecule has 2 atom stereocenters. The molecule has 1 saturated carbocycles. The molecule has 126 valence electrons. The maximum absolute atomic E-state index is 12.6. The van der Waals surface area contributed by atoms with Gasteiger partial charge in [-0.05, 0) is 18.8 Å². The Hall–Kier alpha value is -2.38. The van der Waals surface area contributed by atoms with Gasteiger partial charge in [0.25, 0.3) is 5.91 Å². The summed E-state index contributed by atoms with van der Waals surface area (Å²) in [6.07, 6.45) is 4.79. The van der Waals surface area contributed by atoms with Crippen molar-refractivity contribution in [2.45, 2.75) is 38.1 Å². The Morgan fingerprint density at radius 1 is 1.43 bits per heavy atom. The van der Waals surface area contributed by atoms with E-state index in [0.29, 0.717) is 6.42 Å². The molecule has 2 fully saturated rings. The molecule has 1 aliphatic carbocycles. The third-order valence-electron chi connectivity index (χ3n) is 4.46. The summed E-state index contributed by atoms with van der Waals surface area (Å²) in [4.78, 5) is 48.9. The van der Waals surface area contributed by atoms with Crippen molar-refractivity contribution >= 4 is 23.9 Å². The molecule has 1 spiro atoms. The van der Waals surface area contributed by atoms with Crippen LogP contribution in [0.5, 0.6) is 0 Å². The Labute approximate surface area is 134 Å². The Morgan fingerprint density at radius 2 is 2.17 bits per heavy atom. The van der Waals surface area contributed by atoms with Crippen molar-refractivity contribution in [3.63, 3.8) is 0 Å². The predicted molar refractivity (Wildman–Crippen MR) is 82.3 cm³/mol. The van der Waals surface area contributed by atoms with E-state index in [2.05, 4.69) is 22.5 Å². The minimum Gasteiger partial charge on any atom is -0.334 e. The Balaban J connectivity index is 1.99. The molecular formula is C15H22N4O4. The van der Waals surface area contributed by atoms with Gasteiger partial charge in [0.15, 0.2) is 0 Å². The zero-order valence-electron chi connectivity index (χ0n) is 13.2. The molecule has 0 aromatic heterocycles. The van der Waals surface area contributed by atoms with E-state index >= 15 is 0 Å². The summed E-state index contributed by atoms with van der Waals surface area (Å²) in [5.74, 6) is -1.07. The summed E-state index contributed by atoms with van der Waals surface area (Å²) in [6, 6.07) is -1.27. The van der Waals surface area contributed by atoms with Gasteiger partial charge in [0.1, 0.15) is 12.1 Å². The number of nitrogens with one attached hydrogen (secondary N) is 3. The first-order valence-corrected chi connectivity index (χ1v) is 7.73. The maximum atomic E-state index is 12.6. The van der Waals surface area contributed by atoms with Crippen LogP contribution in [0.2, 0.25) is 0 Å². The first-order valence-electron chi connectivity index (χ1n) is 7.73. The summed E-state index contributed by atoms with van der Waals surface area (Å²) in [6.45, 7) is 5.11. The molecule has 0 radical (unpaired) electrons. The van der Waals surface area contributed by atoms with E-state index < -0.39 is 30.1 Å². The van der Waals surface area contributed by atoms with E-state index in [0.717, 1.165) is 24.2 Å². The van der Waals surface area contributed by atoms with Gasteiger partial charge in [0.05, 0.1) is 0 Å². The highest BCUT2D eigenvalue weighted by Gasteiger charge is 2.55. The number of rotatable bonds is 4. The molecule has 0 bridgehead atoms. The van der Waals surface area contributed by atoms with Gasteiger partial charge >= 0.3 is 12.1 Å². The SMILES string of the molecule is C=CCNC(=O)NC(=O)CN1C(=O)N[C@]2(CCCC[C@@H]2C)C1=O. The average Bonchev–Trinajstić information content (AvgIpc) is 2.73. The van der Waals surface area contributed by atoms with Crippen molar-refractivity contribution in [2.75, 3.05) is 13.1 Å². The molecule has 1 heterocycles. The smallest absolute Gasteiger partial charge is 0.325 e. The van der Waals surface area contributed by atoms with Gasteiger partial charge in [-0.3, -0.25) is 19.8 Å². The number of urea groups is 2. The number of nitrogens with zero attached hydrogens (tertiary/aromatic N) is 1. The number of carbonyl (C=O) groups excluding carboxylic acids is 4. The van der Waals surface area contributed by atoms with Gasteiger partial charge < -0.3 is 10.6 Å². The minimum atomic E-state index is -0.902. The molecule has 8 heteroatoms. The quantitative estimate of drug-likeness (QED) is 0.517. The largest absolute Gasteiger partial charge is 0.334 e. The molecule has 6 amide bonds. The van der Waals surface area contributed by atoms with Crippen LogP contribution in [0.25, 0.3) is 0 Å². The van der Waals surface area contributed by atoms with E-state index in [-0.39, 0.29) is 18.4 Å². The average molecular weight is 322 g/mol. The van der Waals surface area contributed by atoms with Crippen LogP contribution in [0.1, 0.15) is 32.6 Å². The molecule has 0 aromatic rings. The van der Waals surface area contributed by atoms with Crippen molar-refractivity contribution in [2.24, 2.45) is 5.92 Å². The molecule has 23 heavy (non-hydrogen) atoms. The molecule has 1 saturated heterocycles. The number of imide groups is 2. The molecule has 1 aliphatic heterocycles. The second kappa shape index (κ2) is 6.80. The lowest BCUT2D eigenvalue weighted by molar-refractivity contribution is -0.137. The Kier molecular flexibility index (Phi) is 5.02. The summed E-state index contributed by atoms with van der Waals surface area (Å²) in [7, 11) is 0. The molecule has 3 N–H and O–H groups in total. The van der Waals surface area contributed by atoms with Crippen LogP contribution in [0.3, 0.4) is 0 Å². The van der Waals surface area contributed by atoms with Crippen molar-refractivity contribution in [1.82, 2.24) is 20.9 Å². The fourth-order valence-corrected chi connectivity index (χ4v) is 3.16. The van der Waals surface area contributed by atoms with Crippen LogP contribution >= 0.6 is 0 Å². The van der Waals surface area contributed by atoms with Crippen LogP contribution in [-0.2, 0) is 9.59 Å². The number of carbonyl (C=O) groups is 4. The molecule has 0 aromatic carbocycles. The summed E-state index contributed by atoms with van der Waals surface area (Å²) in [5, 5.41) is 7.21. The van der Waals surface area contributed by atoms with E-state index in [1.165, 1.54) is 6.08 Å². The molecule has 2 rings (SSSR count). The minimum absolute atomic E-state index is 0.0247. The highest BCUT2D eigenvalue weighted by atomic mass is 16.2. The fraction of sp³-hybridized carbons (Fsp3) is 0.600. The van der Waals surface area contributed by atoms with Gasteiger partial charge in [-0.25, -0.2) is 9.59 Å². The molecule has 8 nitrogen and oxygen atoms in total. The number of hydrogen-bond acceptors (Lipinski definition) is 4. The Morgan fingerprint density at radius 3 is 2.83 bits per heavy atom. The summed E-state index contributed by atoms with van der Waals surface area (Å²) < 4.78 is 0. The van der Waals surface area contributed by atoms with Crippen LogP contribution in [0, 0.1) is 5.92 Å². The van der Waals surface area contributed by atoms with E-state index in [1.54, 1.807) is 0 Å². The van der Waals surface area contributed by atoms with Crippen LogP contribution in [0.4, 0.5) is 9.59 Å². The standard InChI is InChI=1S/C15H22N4O4/c1-3-8-16-13(22)17-11(20)9-19-12(21)15(18-14(19)23)7-5-4-6-10(15)2/h3,10H,1,4-9H2,2H3,(H,18,23)(H2,16,17,20,22)/t10-,15-/m0/s1. The van der Waals surface area contributed by atoms with Crippen molar-refractivity contribution in [3.05, 3.63) is 12.7 Å². The first-order chi connectivity index (χ1) is 10.9. The fourth-order valence-electron chi connectivity index (χ4n) is 3.16. The summed E-state index contributed by atoms with van der Waals surface area (Å²) in [5.41, 5.74) is -0.902. The monoisotopic (exact) mass is 322 g/mol. The maximum Gasteiger partial charge on any atom is 0.325 e. The van der Waals surface area contributed by atoms with Crippen molar-refractivity contribution in [1.29, 1.82) is 0 Å². The topological polar surface area (TPSA) is 108 Å². The lowest BCUT2D eigenvalue weighted by Crippen LogP contribution is -2.54. The van der Waals surface area contributed by atoms with E-state index in [1.807, 2.05) is 6.92 Å². The van der Waals surface area contributed by atoms with Gasteiger partial charge in [0, 0.05) is 6.54 Å². The molecule has 2 aliphatic rings. The number of hydrogen-bond donors (Lipinski definition) is 3. The van der Waals surface area contributed by atoms with Gasteiger partial charge in [-0.2, -0.15) is 0 Å². The lowest BCUT2D eigenvalue weighted by atomic mass is 9.73. The molecule has 0 unspecified atom stereocenters. The van der Waals surface area contributed by atoms with Crippen molar-refractivity contribution in [3.8, 4) is 0 Å². The van der Waals surface area contributed by atoms with Gasteiger partial charge in [0.2, 0.25) is 5.91 Å². The van der Waals surface area contributed by atoms with Crippen LogP contribution in [0.15, 0.2) is 12.7 Å². The Bertz CT molecular complexity index is 548. The van der Waals surface area contributed by atoms with E-state index in [9.17, 15) is 19.2 Å². The number of amides is 6. The third-order valence-corrected chi connectivity index (χ3v) is 4.46. The zero-order chi connectivity index (χ0) is 17.0. The van der Waals surface area contributed by atoms with Crippen molar-refractivity contribution < 1.29 is 19.2 Å². The molecular weight excluding hydrogens is 300 g/mol. The normalized spacial score (nSPS) is 26.8. The highest BCUT2D eigenvalue weighted by Crippen LogP contribution is 2.37. The van der Waals surface area contributed by atoms with Crippen LogP contribution in [-0.4, -0.2) is 47.4 Å². The predicted octanol–water partition coefficient (Wildman–Crippen LogP) is 0.499. The highest BCUT2D eigenvalue weighted by molar-refractivity contribution is 6.10. The summed E-state index contributed by atoms with van der Waals surface area (Å²) >= 11 is 0. The second-order valence-electron chi connectivity index (χ2n) is 5.99.